The minimum Gasteiger partial charge on any atom is -0.496 e. The predicted molar refractivity (Wildman–Crippen MR) is 111 cm³/mol. The van der Waals surface area contributed by atoms with Gasteiger partial charge in [0.15, 0.2) is 5.96 Å². The Hall–Kier alpha value is -1.28. The van der Waals surface area contributed by atoms with Gasteiger partial charge in [-0.1, -0.05) is 12.1 Å². The monoisotopic (exact) mass is 489 g/mol. The second kappa shape index (κ2) is 9.12. The molecule has 0 unspecified atom stereocenters. The van der Waals surface area contributed by atoms with Crippen molar-refractivity contribution in [2.75, 3.05) is 12.4 Å². The van der Waals surface area contributed by atoms with Gasteiger partial charge in [0.05, 0.1) is 18.1 Å². The number of aryl methyl sites for hydroxylation is 2. The third kappa shape index (κ3) is 5.69. The van der Waals surface area contributed by atoms with Crippen LogP contribution in [-0.4, -0.2) is 13.1 Å². The Bertz CT molecular complexity index is 704. The van der Waals surface area contributed by atoms with Gasteiger partial charge in [-0.15, -0.1) is 24.0 Å². The Balaban J connectivity index is 0.00000264. The van der Waals surface area contributed by atoms with Crippen LogP contribution in [0.3, 0.4) is 0 Å². The van der Waals surface area contributed by atoms with Crippen LogP contribution in [-0.2, 0) is 6.54 Å². The summed E-state index contributed by atoms with van der Waals surface area (Å²) in [6, 6.07) is 12.0. The molecule has 0 saturated carbocycles. The molecule has 0 radical (unpaired) electrons. The maximum atomic E-state index is 5.94. The van der Waals surface area contributed by atoms with Crippen molar-refractivity contribution < 1.29 is 4.74 Å². The van der Waals surface area contributed by atoms with Gasteiger partial charge in [-0.05, 0) is 70.7 Å². The van der Waals surface area contributed by atoms with Gasteiger partial charge >= 0.3 is 0 Å². The zero-order chi connectivity index (χ0) is 16.1. The summed E-state index contributed by atoms with van der Waals surface area (Å²) >= 11 is 3.46. The van der Waals surface area contributed by atoms with Crippen molar-refractivity contribution in [2.45, 2.75) is 20.4 Å². The summed E-state index contributed by atoms with van der Waals surface area (Å²) in [6.07, 6.45) is 0. The summed E-state index contributed by atoms with van der Waals surface area (Å²) in [5.74, 6) is 1.20. The van der Waals surface area contributed by atoms with Crippen molar-refractivity contribution in [3.05, 3.63) is 57.6 Å². The van der Waals surface area contributed by atoms with Gasteiger partial charge in [-0.25, -0.2) is 4.99 Å². The Kier molecular flexibility index (Phi) is 7.84. The molecule has 0 aliphatic carbocycles. The number of nitrogens with zero attached hydrogens (tertiary/aromatic N) is 1. The molecule has 124 valence electrons. The number of aliphatic imine (C=N–C) groups is 1. The third-order valence-corrected chi connectivity index (χ3v) is 4.05. The van der Waals surface area contributed by atoms with Gasteiger partial charge in [0.25, 0.3) is 0 Å². The van der Waals surface area contributed by atoms with E-state index in [0.29, 0.717) is 12.5 Å². The van der Waals surface area contributed by atoms with Crippen LogP contribution in [0.15, 0.2) is 45.9 Å². The standard InChI is InChI=1S/C17H20BrN3O.HI/c1-11-4-6-14(8-12(11)2)21-17(19)20-10-13-5-7-16(22-3)15(18)9-13;/h4-9H,10H2,1-3H3,(H3,19,20,21);1H. The fourth-order valence-corrected chi connectivity index (χ4v) is 2.58. The fraction of sp³-hybridized carbons (Fsp3) is 0.235. The molecule has 6 heteroatoms. The molecule has 0 bridgehead atoms. The molecule has 2 aromatic carbocycles. The van der Waals surface area contributed by atoms with Gasteiger partial charge in [-0.2, -0.15) is 0 Å². The van der Waals surface area contributed by atoms with Crippen LogP contribution >= 0.6 is 39.9 Å². The number of nitrogens with one attached hydrogen (secondary N) is 1. The highest BCUT2D eigenvalue weighted by Crippen LogP contribution is 2.25. The smallest absolute Gasteiger partial charge is 0.193 e. The van der Waals surface area contributed by atoms with E-state index in [2.05, 4.69) is 52.2 Å². The molecule has 0 aliphatic rings. The highest BCUT2D eigenvalue weighted by Gasteiger charge is 2.02. The first-order valence-electron chi connectivity index (χ1n) is 6.96. The van der Waals surface area contributed by atoms with Crippen LogP contribution in [0.1, 0.15) is 16.7 Å². The minimum absolute atomic E-state index is 0. The van der Waals surface area contributed by atoms with Crippen LogP contribution in [0.4, 0.5) is 5.69 Å². The summed E-state index contributed by atoms with van der Waals surface area (Å²) in [5, 5.41) is 3.11. The summed E-state index contributed by atoms with van der Waals surface area (Å²) in [6.45, 7) is 4.66. The van der Waals surface area contributed by atoms with Crippen molar-refractivity contribution in [3.8, 4) is 5.75 Å². The maximum absolute atomic E-state index is 5.94. The molecule has 3 N–H and O–H groups in total. The molecule has 0 fully saturated rings. The first-order chi connectivity index (χ1) is 10.5. The average Bonchev–Trinajstić information content (AvgIpc) is 2.49. The third-order valence-electron chi connectivity index (χ3n) is 3.43. The minimum atomic E-state index is 0. The molecular formula is C17H21BrIN3O. The number of anilines is 1. The highest BCUT2D eigenvalue weighted by molar-refractivity contribution is 14.0. The second-order valence-corrected chi connectivity index (χ2v) is 5.95. The van der Waals surface area contributed by atoms with E-state index >= 15 is 0 Å². The lowest BCUT2D eigenvalue weighted by Crippen LogP contribution is -2.22. The molecule has 0 atom stereocenters. The molecule has 4 nitrogen and oxygen atoms in total. The lowest BCUT2D eigenvalue weighted by atomic mass is 10.1. The topological polar surface area (TPSA) is 59.6 Å². The molecule has 0 aliphatic heterocycles. The molecule has 2 rings (SSSR count). The van der Waals surface area contributed by atoms with Crippen molar-refractivity contribution >= 4 is 51.6 Å². The molecule has 0 aromatic heterocycles. The summed E-state index contributed by atoms with van der Waals surface area (Å²) in [4.78, 5) is 4.36. The van der Waals surface area contributed by atoms with E-state index in [9.17, 15) is 0 Å². The van der Waals surface area contributed by atoms with Crippen LogP contribution in [0, 0.1) is 13.8 Å². The Labute approximate surface area is 162 Å². The van der Waals surface area contributed by atoms with Crippen LogP contribution in [0.5, 0.6) is 5.75 Å². The Morgan fingerprint density at radius 3 is 2.52 bits per heavy atom. The predicted octanol–water partition coefficient (Wildman–Crippen LogP) is 4.62. The molecule has 0 amide bonds. The Morgan fingerprint density at radius 2 is 1.91 bits per heavy atom. The zero-order valence-electron chi connectivity index (χ0n) is 13.4. The number of rotatable bonds is 4. The average molecular weight is 490 g/mol. The van der Waals surface area contributed by atoms with Gasteiger partial charge < -0.3 is 15.8 Å². The molecule has 2 aromatic rings. The van der Waals surface area contributed by atoms with E-state index in [1.807, 2.05) is 24.3 Å². The number of nitrogens with two attached hydrogens (primary N) is 1. The molecule has 0 spiro atoms. The van der Waals surface area contributed by atoms with E-state index in [1.165, 1.54) is 11.1 Å². The van der Waals surface area contributed by atoms with E-state index in [-0.39, 0.29) is 24.0 Å². The lowest BCUT2D eigenvalue weighted by molar-refractivity contribution is 0.412. The normalized spacial score (nSPS) is 10.9. The highest BCUT2D eigenvalue weighted by atomic mass is 127. The lowest BCUT2D eigenvalue weighted by Gasteiger charge is -2.08. The van der Waals surface area contributed by atoms with Crippen molar-refractivity contribution in [1.29, 1.82) is 0 Å². The number of ether oxygens (including phenoxy) is 1. The number of benzene rings is 2. The number of methoxy groups -OCH3 is 1. The SMILES string of the molecule is COc1ccc(CN=C(N)Nc2ccc(C)c(C)c2)cc1Br.I. The summed E-state index contributed by atoms with van der Waals surface area (Å²) in [5.41, 5.74) is 10.4. The number of guanidine groups is 1. The number of hydrogen-bond donors (Lipinski definition) is 2. The van der Waals surface area contributed by atoms with Gasteiger partial charge in [-0.3, -0.25) is 0 Å². The molecule has 0 heterocycles. The van der Waals surface area contributed by atoms with Crippen molar-refractivity contribution in [1.82, 2.24) is 0 Å². The van der Waals surface area contributed by atoms with E-state index < -0.39 is 0 Å². The maximum Gasteiger partial charge on any atom is 0.193 e. The second-order valence-electron chi connectivity index (χ2n) is 5.09. The van der Waals surface area contributed by atoms with Crippen molar-refractivity contribution in [2.24, 2.45) is 10.7 Å². The largest absolute Gasteiger partial charge is 0.496 e. The first-order valence-corrected chi connectivity index (χ1v) is 7.75. The van der Waals surface area contributed by atoms with Crippen LogP contribution < -0.4 is 15.8 Å². The van der Waals surface area contributed by atoms with Gasteiger partial charge in [0.1, 0.15) is 5.75 Å². The molecule has 0 saturated heterocycles. The fourth-order valence-electron chi connectivity index (χ4n) is 1.99. The van der Waals surface area contributed by atoms with Crippen LogP contribution in [0.25, 0.3) is 0 Å². The number of halogens is 2. The van der Waals surface area contributed by atoms with E-state index in [0.717, 1.165) is 21.5 Å². The van der Waals surface area contributed by atoms with Gasteiger partial charge in [0.2, 0.25) is 0 Å². The summed E-state index contributed by atoms with van der Waals surface area (Å²) in [7, 11) is 1.64. The van der Waals surface area contributed by atoms with Crippen molar-refractivity contribution in [3.63, 3.8) is 0 Å². The summed E-state index contributed by atoms with van der Waals surface area (Å²) < 4.78 is 6.11. The quantitative estimate of drug-likeness (QED) is 0.374. The Morgan fingerprint density at radius 1 is 1.17 bits per heavy atom. The van der Waals surface area contributed by atoms with Gasteiger partial charge in [0, 0.05) is 5.69 Å². The zero-order valence-corrected chi connectivity index (χ0v) is 17.3. The number of hydrogen-bond acceptors (Lipinski definition) is 2. The molecule has 23 heavy (non-hydrogen) atoms. The van der Waals surface area contributed by atoms with E-state index in [4.69, 9.17) is 10.5 Å². The molecular weight excluding hydrogens is 469 g/mol. The van der Waals surface area contributed by atoms with E-state index in [1.54, 1.807) is 7.11 Å². The first kappa shape index (κ1) is 19.8. The van der Waals surface area contributed by atoms with Crippen LogP contribution in [0.2, 0.25) is 0 Å².